The van der Waals surface area contributed by atoms with E-state index in [0.717, 1.165) is 31.7 Å². The van der Waals surface area contributed by atoms with Gasteiger partial charge in [-0.15, -0.1) is 0 Å². The largest absolute Gasteiger partial charge is 0.481 e. The third kappa shape index (κ3) is 3.25. The van der Waals surface area contributed by atoms with Crippen LogP contribution in [0.1, 0.15) is 26.7 Å². The van der Waals surface area contributed by atoms with Crippen LogP contribution in [0, 0.1) is 0 Å². The second-order valence-electron chi connectivity index (χ2n) is 3.61. The van der Waals surface area contributed by atoms with E-state index in [1.54, 1.807) is 7.11 Å². The van der Waals surface area contributed by atoms with Crippen LogP contribution in [0.5, 0.6) is 5.88 Å². The van der Waals surface area contributed by atoms with Crippen LogP contribution in [0.4, 0.5) is 11.8 Å². The van der Waals surface area contributed by atoms with Gasteiger partial charge in [-0.25, -0.2) is 0 Å². The highest BCUT2D eigenvalue weighted by Gasteiger charge is 2.09. The molecule has 2 N–H and O–H groups in total. The SMILES string of the molecule is CCCN(CCC)c1cc(OC)nc(N)n1. The number of ether oxygens (including phenoxy) is 1. The van der Waals surface area contributed by atoms with Crippen molar-refractivity contribution in [2.45, 2.75) is 26.7 Å². The van der Waals surface area contributed by atoms with Gasteiger partial charge in [-0.3, -0.25) is 0 Å². The summed E-state index contributed by atoms with van der Waals surface area (Å²) in [7, 11) is 1.58. The molecule has 0 radical (unpaired) electrons. The van der Waals surface area contributed by atoms with Crippen LogP contribution in [0.25, 0.3) is 0 Å². The third-order valence-corrected chi connectivity index (χ3v) is 2.23. The Kier molecular flexibility index (Phi) is 4.82. The van der Waals surface area contributed by atoms with Gasteiger partial charge in [0.05, 0.1) is 7.11 Å². The van der Waals surface area contributed by atoms with Gasteiger partial charge in [-0.2, -0.15) is 9.97 Å². The number of hydrogen-bond acceptors (Lipinski definition) is 5. The van der Waals surface area contributed by atoms with Crippen molar-refractivity contribution in [2.24, 2.45) is 0 Å². The number of methoxy groups -OCH3 is 1. The van der Waals surface area contributed by atoms with Crippen LogP contribution >= 0.6 is 0 Å². The summed E-state index contributed by atoms with van der Waals surface area (Å²) in [5.74, 6) is 1.61. The number of rotatable bonds is 6. The standard InChI is InChI=1S/C11H20N4O/c1-4-6-15(7-5-2)9-8-10(16-3)14-11(12)13-9/h8H,4-7H2,1-3H3,(H2,12,13,14). The minimum absolute atomic E-state index is 0.256. The molecule has 5 nitrogen and oxygen atoms in total. The van der Waals surface area contributed by atoms with Crippen molar-refractivity contribution in [3.63, 3.8) is 0 Å². The summed E-state index contributed by atoms with van der Waals surface area (Å²) in [6.07, 6.45) is 2.15. The lowest BCUT2D eigenvalue weighted by Gasteiger charge is -2.22. The van der Waals surface area contributed by atoms with Crippen molar-refractivity contribution in [3.8, 4) is 5.88 Å². The quantitative estimate of drug-likeness (QED) is 0.796. The second-order valence-corrected chi connectivity index (χ2v) is 3.61. The molecule has 0 aliphatic rings. The Morgan fingerprint density at radius 3 is 2.38 bits per heavy atom. The number of nitrogens with two attached hydrogens (primary N) is 1. The fraction of sp³-hybridized carbons (Fsp3) is 0.636. The highest BCUT2D eigenvalue weighted by atomic mass is 16.5. The Morgan fingerprint density at radius 2 is 1.88 bits per heavy atom. The van der Waals surface area contributed by atoms with Crippen LogP contribution in [0.3, 0.4) is 0 Å². The zero-order chi connectivity index (χ0) is 12.0. The Hall–Kier alpha value is -1.52. The average Bonchev–Trinajstić information content (AvgIpc) is 2.28. The van der Waals surface area contributed by atoms with Gasteiger partial charge < -0.3 is 15.4 Å². The molecule has 1 aromatic rings. The molecule has 0 fully saturated rings. The molecule has 16 heavy (non-hydrogen) atoms. The monoisotopic (exact) mass is 224 g/mol. The summed E-state index contributed by atoms with van der Waals surface area (Å²) < 4.78 is 5.08. The third-order valence-electron chi connectivity index (χ3n) is 2.23. The molecule has 0 unspecified atom stereocenters. The molecule has 90 valence electrons. The van der Waals surface area contributed by atoms with Crippen LogP contribution in [0.2, 0.25) is 0 Å². The van der Waals surface area contributed by atoms with Crippen molar-refractivity contribution in [1.29, 1.82) is 0 Å². The normalized spacial score (nSPS) is 10.2. The molecular formula is C11H20N4O. The van der Waals surface area contributed by atoms with Gasteiger partial charge >= 0.3 is 0 Å². The number of nitrogens with zero attached hydrogens (tertiary/aromatic N) is 3. The molecule has 0 saturated heterocycles. The molecule has 0 aromatic carbocycles. The zero-order valence-electron chi connectivity index (χ0n) is 10.2. The molecule has 0 bridgehead atoms. The number of aromatic nitrogens is 2. The molecule has 1 heterocycles. The zero-order valence-corrected chi connectivity index (χ0v) is 10.2. The highest BCUT2D eigenvalue weighted by Crippen LogP contribution is 2.18. The van der Waals surface area contributed by atoms with Crippen molar-refractivity contribution >= 4 is 11.8 Å². The Bertz CT molecular complexity index is 324. The van der Waals surface area contributed by atoms with Gasteiger partial charge in [0.2, 0.25) is 11.8 Å². The summed E-state index contributed by atoms with van der Waals surface area (Å²) >= 11 is 0. The molecule has 5 heteroatoms. The Morgan fingerprint density at radius 1 is 1.25 bits per heavy atom. The number of nitrogen functional groups attached to an aromatic ring is 1. The van der Waals surface area contributed by atoms with Crippen LogP contribution in [-0.4, -0.2) is 30.2 Å². The van der Waals surface area contributed by atoms with Crippen molar-refractivity contribution in [1.82, 2.24) is 9.97 Å². The molecular weight excluding hydrogens is 204 g/mol. The Balaban J connectivity index is 2.93. The Labute approximate surface area is 96.6 Å². The lowest BCUT2D eigenvalue weighted by Crippen LogP contribution is -2.26. The van der Waals surface area contributed by atoms with Crippen LogP contribution < -0.4 is 15.4 Å². The first kappa shape index (κ1) is 12.5. The first-order valence-corrected chi connectivity index (χ1v) is 5.64. The second kappa shape index (κ2) is 6.15. The molecule has 0 atom stereocenters. The topological polar surface area (TPSA) is 64.3 Å². The molecule has 1 rings (SSSR count). The highest BCUT2D eigenvalue weighted by molar-refractivity contribution is 5.45. The summed E-state index contributed by atoms with van der Waals surface area (Å²) in [6, 6.07) is 1.82. The number of anilines is 2. The van der Waals surface area contributed by atoms with E-state index in [0.29, 0.717) is 5.88 Å². The summed E-state index contributed by atoms with van der Waals surface area (Å²) in [4.78, 5) is 10.4. The van der Waals surface area contributed by atoms with E-state index in [2.05, 4.69) is 28.7 Å². The van der Waals surface area contributed by atoms with Crippen molar-refractivity contribution in [2.75, 3.05) is 30.8 Å². The predicted molar refractivity (Wildman–Crippen MR) is 65.8 cm³/mol. The molecule has 0 amide bonds. The molecule has 0 spiro atoms. The van der Waals surface area contributed by atoms with E-state index in [-0.39, 0.29) is 5.95 Å². The minimum atomic E-state index is 0.256. The van der Waals surface area contributed by atoms with Gasteiger partial charge in [0, 0.05) is 19.2 Å². The fourth-order valence-electron chi connectivity index (χ4n) is 1.58. The maximum Gasteiger partial charge on any atom is 0.225 e. The van der Waals surface area contributed by atoms with Gasteiger partial charge in [0.1, 0.15) is 5.82 Å². The minimum Gasteiger partial charge on any atom is -0.481 e. The van der Waals surface area contributed by atoms with E-state index >= 15 is 0 Å². The average molecular weight is 224 g/mol. The maximum absolute atomic E-state index is 5.64. The number of hydrogen-bond donors (Lipinski definition) is 1. The summed E-state index contributed by atoms with van der Waals surface area (Å²) in [5.41, 5.74) is 5.64. The molecule has 1 aromatic heterocycles. The van der Waals surface area contributed by atoms with Crippen LogP contribution in [-0.2, 0) is 0 Å². The smallest absolute Gasteiger partial charge is 0.225 e. The van der Waals surface area contributed by atoms with Gasteiger partial charge in [0.25, 0.3) is 0 Å². The van der Waals surface area contributed by atoms with E-state index in [1.807, 2.05) is 6.07 Å². The van der Waals surface area contributed by atoms with Crippen molar-refractivity contribution in [3.05, 3.63) is 6.07 Å². The fourth-order valence-corrected chi connectivity index (χ4v) is 1.58. The van der Waals surface area contributed by atoms with Crippen LogP contribution in [0.15, 0.2) is 6.07 Å². The summed E-state index contributed by atoms with van der Waals surface area (Å²) in [5, 5.41) is 0. The van der Waals surface area contributed by atoms with Crippen molar-refractivity contribution < 1.29 is 4.74 Å². The first-order valence-electron chi connectivity index (χ1n) is 5.64. The molecule has 0 aliphatic carbocycles. The van der Waals surface area contributed by atoms with E-state index in [1.165, 1.54) is 0 Å². The summed E-state index contributed by atoms with van der Waals surface area (Å²) in [6.45, 7) is 6.22. The maximum atomic E-state index is 5.64. The predicted octanol–water partition coefficient (Wildman–Crippen LogP) is 1.69. The van der Waals surface area contributed by atoms with Gasteiger partial charge in [-0.1, -0.05) is 13.8 Å². The van der Waals surface area contributed by atoms with Gasteiger partial charge in [-0.05, 0) is 12.8 Å². The van der Waals surface area contributed by atoms with E-state index in [9.17, 15) is 0 Å². The lowest BCUT2D eigenvalue weighted by atomic mass is 10.3. The molecule has 0 saturated carbocycles. The van der Waals surface area contributed by atoms with Gasteiger partial charge in [0.15, 0.2) is 0 Å². The lowest BCUT2D eigenvalue weighted by molar-refractivity contribution is 0.397. The van der Waals surface area contributed by atoms with E-state index < -0.39 is 0 Å². The molecule has 0 aliphatic heterocycles. The first-order chi connectivity index (χ1) is 7.71. The van der Waals surface area contributed by atoms with E-state index in [4.69, 9.17) is 10.5 Å².